The minimum absolute atomic E-state index is 0.207. The van der Waals surface area contributed by atoms with E-state index in [4.69, 9.17) is 4.74 Å². The molecule has 0 saturated carbocycles. The fourth-order valence-corrected chi connectivity index (χ4v) is 2.70. The van der Waals surface area contributed by atoms with Crippen LogP contribution in [0.25, 0.3) is 0 Å². The number of carbonyl (C=O) groups excluding carboxylic acids is 1. The summed E-state index contributed by atoms with van der Waals surface area (Å²) in [5.74, 6) is 0. The summed E-state index contributed by atoms with van der Waals surface area (Å²) < 4.78 is 5.42. The van der Waals surface area contributed by atoms with E-state index in [9.17, 15) is 4.79 Å². The van der Waals surface area contributed by atoms with E-state index in [1.54, 1.807) is 4.90 Å². The van der Waals surface area contributed by atoms with Crippen LogP contribution in [0.3, 0.4) is 0 Å². The SMILES string of the molecule is CCN(CCCNC1CCN(C(C)C)C1)C(=O)OC(C)(C)C. The molecule has 5 heteroatoms. The lowest BCUT2D eigenvalue weighted by Gasteiger charge is -2.26. The molecule has 1 unspecified atom stereocenters. The molecule has 0 aromatic rings. The molecule has 0 radical (unpaired) electrons. The van der Waals surface area contributed by atoms with E-state index >= 15 is 0 Å². The van der Waals surface area contributed by atoms with Gasteiger partial charge in [-0.15, -0.1) is 0 Å². The molecule has 0 spiro atoms. The summed E-state index contributed by atoms with van der Waals surface area (Å²) in [7, 11) is 0. The average molecular weight is 313 g/mol. The smallest absolute Gasteiger partial charge is 0.410 e. The highest BCUT2D eigenvalue weighted by molar-refractivity contribution is 5.68. The van der Waals surface area contributed by atoms with Gasteiger partial charge in [-0.2, -0.15) is 0 Å². The summed E-state index contributed by atoms with van der Waals surface area (Å²) in [5.41, 5.74) is -0.424. The molecule has 22 heavy (non-hydrogen) atoms. The normalized spacial score (nSPS) is 19.7. The first kappa shape index (κ1) is 19.2. The summed E-state index contributed by atoms with van der Waals surface area (Å²) >= 11 is 0. The Morgan fingerprint density at radius 2 is 2.09 bits per heavy atom. The van der Waals surface area contributed by atoms with Crippen LogP contribution in [0.2, 0.25) is 0 Å². The third kappa shape index (κ3) is 6.97. The number of rotatable bonds is 7. The van der Waals surface area contributed by atoms with Crippen LogP contribution in [0, 0.1) is 0 Å². The Morgan fingerprint density at radius 1 is 1.41 bits per heavy atom. The molecule has 0 bridgehead atoms. The van der Waals surface area contributed by atoms with Gasteiger partial charge < -0.3 is 15.0 Å². The second kappa shape index (κ2) is 8.73. The van der Waals surface area contributed by atoms with E-state index in [-0.39, 0.29) is 6.09 Å². The van der Waals surface area contributed by atoms with E-state index in [0.717, 1.165) is 26.1 Å². The van der Waals surface area contributed by atoms with Gasteiger partial charge in [0.05, 0.1) is 0 Å². The zero-order valence-corrected chi connectivity index (χ0v) is 15.3. The molecule has 0 aliphatic carbocycles. The van der Waals surface area contributed by atoms with Crippen molar-refractivity contribution >= 4 is 6.09 Å². The lowest BCUT2D eigenvalue weighted by atomic mass is 10.2. The Bertz CT molecular complexity index is 339. The minimum Gasteiger partial charge on any atom is -0.444 e. The molecule has 1 N–H and O–H groups in total. The van der Waals surface area contributed by atoms with Gasteiger partial charge in [0.15, 0.2) is 0 Å². The third-order valence-electron chi connectivity index (χ3n) is 4.02. The Kier molecular flexibility index (Phi) is 7.63. The maximum atomic E-state index is 12.0. The molecule has 1 atom stereocenters. The van der Waals surface area contributed by atoms with E-state index < -0.39 is 5.60 Å². The van der Waals surface area contributed by atoms with Crippen molar-refractivity contribution in [2.24, 2.45) is 0 Å². The highest BCUT2D eigenvalue weighted by Gasteiger charge is 2.24. The van der Waals surface area contributed by atoms with Gasteiger partial charge in [-0.25, -0.2) is 4.79 Å². The summed E-state index contributed by atoms with van der Waals surface area (Å²) in [6, 6.07) is 1.23. The molecule has 130 valence electrons. The zero-order valence-electron chi connectivity index (χ0n) is 15.3. The van der Waals surface area contributed by atoms with Gasteiger partial charge in [0.2, 0.25) is 0 Å². The van der Waals surface area contributed by atoms with Crippen molar-refractivity contribution in [1.82, 2.24) is 15.1 Å². The molecule has 1 rings (SSSR count). The first-order chi connectivity index (χ1) is 10.2. The number of amides is 1. The van der Waals surface area contributed by atoms with Crippen LogP contribution >= 0.6 is 0 Å². The fraction of sp³-hybridized carbons (Fsp3) is 0.941. The van der Waals surface area contributed by atoms with E-state index in [1.807, 2.05) is 27.7 Å². The molecule has 5 nitrogen and oxygen atoms in total. The van der Waals surface area contributed by atoms with Crippen molar-refractivity contribution in [3.63, 3.8) is 0 Å². The molecule has 1 aliphatic heterocycles. The molecule has 1 fully saturated rings. The second-order valence-corrected chi connectivity index (χ2v) is 7.44. The molecular weight excluding hydrogens is 278 g/mol. The molecular formula is C17H35N3O2. The van der Waals surface area contributed by atoms with Crippen molar-refractivity contribution in [3.05, 3.63) is 0 Å². The maximum Gasteiger partial charge on any atom is 0.410 e. The van der Waals surface area contributed by atoms with Gasteiger partial charge in [0.25, 0.3) is 0 Å². The standard InChI is InChI=1S/C17H35N3O2/c1-7-19(16(21)22-17(4,5)6)11-8-10-18-15-9-12-20(13-15)14(2)3/h14-15,18H,7-13H2,1-6H3. The Hall–Kier alpha value is -0.810. The van der Waals surface area contributed by atoms with Gasteiger partial charge in [-0.1, -0.05) is 0 Å². The van der Waals surface area contributed by atoms with Gasteiger partial charge >= 0.3 is 6.09 Å². The van der Waals surface area contributed by atoms with Crippen LogP contribution in [-0.2, 0) is 4.74 Å². The Balaban J connectivity index is 2.21. The van der Waals surface area contributed by atoms with E-state index in [0.29, 0.717) is 18.6 Å². The number of hydrogen-bond acceptors (Lipinski definition) is 4. The van der Waals surface area contributed by atoms with Gasteiger partial charge in [-0.3, -0.25) is 4.90 Å². The third-order valence-corrected chi connectivity index (χ3v) is 4.02. The van der Waals surface area contributed by atoms with E-state index in [2.05, 4.69) is 24.1 Å². The minimum atomic E-state index is -0.424. The lowest BCUT2D eigenvalue weighted by molar-refractivity contribution is 0.0258. The predicted octanol–water partition coefficient (Wildman–Crippen LogP) is 2.71. The quantitative estimate of drug-likeness (QED) is 0.734. The Labute approximate surface area is 136 Å². The maximum absolute atomic E-state index is 12.0. The largest absolute Gasteiger partial charge is 0.444 e. The molecule has 1 amide bonds. The number of ether oxygens (including phenoxy) is 1. The number of nitrogens with one attached hydrogen (secondary N) is 1. The number of nitrogens with zero attached hydrogens (tertiary/aromatic N) is 2. The van der Waals surface area contributed by atoms with Crippen LogP contribution in [0.5, 0.6) is 0 Å². The van der Waals surface area contributed by atoms with E-state index in [1.165, 1.54) is 13.0 Å². The first-order valence-corrected chi connectivity index (χ1v) is 8.68. The first-order valence-electron chi connectivity index (χ1n) is 8.68. The summed E-state index contributed by atoms with van der Waals surface area (Å²) in [6.45, 7) is 16.9. The second-order valence-electron chi connectivity index (χ2n) is 7.44. The average Bonchev–Trinajstić information content (AvgIpc) is 2.85. The van der Waals surface area contributed by atoms with Crippen LogP contribution in [0.1, 0.15) is 54.4 Å². The Morgan fingerprint density at radius 3 is 2.59 bits per heavy atom. The molecule has 0 aromatic heterocycles. The van der Waals surface area contributed by atoms with Crippen LogP contribution < -0.4 is 5.32 Å². The van der Waals surface area contributed by atoms with Crippen LogP contribution in [-0.4, -0.2) is 66.3 Å². The summed E-state index contributed by atoms with van der Waals surface area (Å²) in [4.78, 5) is 16.3. The topological polar surface area (TPSA) is 44.8 Å². The summed E-state index contributed by atoms with van der Waals surface area (Å²) in [6.07, 6.45) is 1.98. The van der Waals surface area contributed by atoms with Crippen molar-refractivity contribution in [2.75, 3.05) is 32.7 Å². The van der Waals surface area contributed by atoms with Crippen LogP contribution in [0.15, 0.2) is 0 Å². The molecule has 1 saturated heterocycles. The predicted molar refractivity (Wildman–Crippen MR) is 91.2 cm³/mol. The van der Waals surface area contributed by atoms with Crippen molar-refractivity contribution < 1.29 is 9.53 Å². The number of likely N-dealkylation sites (tertiary alicyclic amines) is 1. The fourth-order valence-electron chi connectivity index (χ4n) is 2.70. The highest BCUT2D eigenvalue weighted by Crippen LogP contribution is 2.12. The van der Waals surface area contributed by atoms with Gasteiger partial charge in [-0.05, 0) is 67.5 Å². The lowest BCUT2D eigenvalue weighted by Crippen LogP contribution is -2.39. The summed E-state index contributed by atoms with van der Waals surface area (Å²) in [5, 5.41) is 3.61. The van der Waals surface area contributed by atoms with Crippen LogP contribution in [0.4, 0.5) is 4.79 Å². The van der Waals surface area contributed by atoms with Gasteiger partial charge in [0.1, 0.15) is 5.60 Å². The molecule has 0 aromatic carbocycles. The van der Waals surface area contributed by atoms with Gasteiger partial charge in [0, 0.05) is 31.7 Å². The highest BCUT2D eigenvalue weighted by atomic mass is 16.6. The molecule has 1 aliphatic rings. The number of carbonyl (C=O) groups is 1. The monoisotopic (exact) mass is 313 g/mol. The number of hydrogen-bond donors (Lipinski definition) is 1. The zero-order chi connectivity index (χ0) is 16.8. The van der Waals surface area contributed by atoms with Crippen molar-refractivity contribution in [1.29, 1.82) is 0 Å². The molecule has 1 heterocycles. The van der Waals surface area contributed by atoms with Crippen molar-refractivity contribution in [2.45, 2.75) is 72.1 Å². The van der Waals surface area contributed by atoms with Crippen molar-refractivity contribution in [3.8, 4) is 0 Å².